The molecule has 1 fully saturated rings. The molecule has 0 atom stereocenters. The van der Waals surface area contributed by atoms with E-state index < -0.39 is 0 Å². The van der Waals surface area contributed by atoms with E-state index in [0.29, 0.717) is 25.9 Å². The minimum absolute atomic E-state index is 0.0533. The summed E-state index contributed by atoms with van der Waals surface area (Å²) in [5.74, 6) is 0.463. The van der Waals surface area contributed by atoms with Crippen molar-refractivity contribution in [2.24, 2.45) is 0 Å². The van der Waals surface area contributed by atoms with E-state index >= 15 is 0 Å². The number of carbonyl (C=O) groups is 2. The van der Waals surface area contributed by atoms with Crippen molar-refractivity contribution in [1.82, 2.24) is 10.2 Å². The predicted octanol–water partition coefficient (Wildman–Crippen LogP) is 2.04. The Kier molecular flexibility index (Phi) is 5.40. The maximum absolute atomic E-state index is 13.0. The van der Waals surface area contributed by atoms with Crippen LogP contribution in [0.5, 0.6) is 0 Å². The second-order valence-corrected chi connectivity index (χ2v) is 5.63. The van der Waals surface area contributed by atoms with Crippen LogP contribution < -0.4 is 5.32 Å². The van der Waals surface area contributed by atoms with Gasteiger partial charge in [-0.2, -0.15) is 0 Å². The third-order valence-corrected chi connectivity index (χ3v) is 3.97. The average Bonchev–Trinajstić information content (AvgIpc) is 2.82. The predicted molar refractivity (Wildman–Crippen MR) is 77.2 cm³/mol. The Hall–Kier alpha value is -1.56. The van der Waals surface area contributed by atoms with Crippen LogP contribution in [0.4, 0.5) is 9.18 Å². The van der Waals surface area contributed by atoms with E-state index in [-0.39, 0.29) is 17.0 Å². The summed E-state index contributed by atoms with van der Waals surface area (Å²) in [6.45, 7) is 1.67. The van der Waals surface area contributed by atoms with Crippen molar-refractivity contribution in [2.75, 3.05) is 25.4 Å². The lowest BCUT2D eigenvalue weighted by molar-refractivity contribution is -0.121. The van der Waals surface area contributed by atoms with Gasteiger partial charge in [-0.3, -0.25) is 9.59 Å². The summed E-state index contributed by atoms with van der Waals surface area (Å²) in [6.07, 6.45) is 0.914. The van der Waals surface area contributed by atoms with Gasteiger partial charge in [-0.15, -0.1) is 0 Å². The molecule has 0 aliphatic carbocycles. The summed E-state index contributed by atoms with van der Waals surface area (Å²) in [6, 6.07) is 6.35. The minimum atomic E-state index is -0.265. The number of benzene rings is 1. The Balaban J connectivity index is 1.64. The van der Waals surface area contributed by atoms with Crippen molar-refractivity contribution >= 4 is 22.9 Å². The van der Waals surface area contributed by atoms with Gasteiger partial charge in [-0.05, 0) is 24.1 Å². The Labute approximate surface area is 121 Å². The maximum atomic E-state index is 13.0. The maximum Gasteiger partial charge on any atom is 0.281 e. The van der Waals surface area contributed by atoms with Gasteiger partial charge in [0, 0.05) is 31.8 Å². The summed E-state index contributed by atoms with van der Waals surface area (Å²) in [5, 5.41) is 2.84. The number of nitrogens with one attached hydrogen (secondary N) is 1. The van der Waals surface area contributed by atoms with Gasteiger partial charge in [-0.1, -0.05) is 23.9 Å². The zero-order chi connectivity index (χ0) is 14.4. The highest BCUT2D eigenvalue weighted by atomic mass is 32.2. The third-order valence-electron chi connectivity index (χ3n) is 3.08. The topological polar surface area (TPSA) is 49.4 Å². The monoisotopic (exact) mass is 296 g/mol. The summed E-state index contributed by atoms with van der Waals surface area (Å²) in [4.78, 5) is 24.7. The van der Waals surface area contributed by atoms with Crippen LogP contribution in [-0.2, 0) is 11.2 Å². The fourth-order valence-corrected chi connectivity index (χ4v) is 2.84. The van der Waals surface area contributed by atoms with E-state index in [1.807, 2.05) is 6.07 Å². The van der Waals surface area contributed by atoms with Crippen LogP contribution in [0, 0.1) is 5.82 Å². The highest BCUT2D eigenvalue weighted by Gasteiger charge is 2.21. The molecular formula is C14H17FN2O2S. The van der Waals surface area contributed by atoms with E-state index in [2.05, 4.69) is 5.32 Å². The lowest BCUT2D eigenvalue weighted by Crippen LogP contribution is -2.31. The molecule has 0 saturated carbocycles. The molecule has 2 amide bonds. The Morgan fingerprint density at radius 2 is 2.30 bits per heavy atom. The molecule has 1 heterocycles. The fourth-order valence-electron chi connectivity index (χ4n) is 1.99. The van der Waals surface area contributed by atoms with Gasteiger partial charge < -0.3 is 10.2 Å². The van der Waals surface area contributed by atoms with Gasteiger partial charge in [-0.25, -0.2) is 4.39 Å². The van der Waals surface area contributed by atoms with Gasteiger partial charge >= 0.3 is 0 Å². The third kappa shape index (κ3) is 4.52. The molecule has 20 heavy (non-hydrogen) atoms. The van der Waals surface area contributed by atoms with Crippen molar-refractivity contribution in [3.63, 3.8) is 0 Å². The number of carbonyl (C=O) groups excluding carboxylic acids is 2. The van der Waals surface area contributed by atoms with Crippen LogP contribution in [0.1, 0.15) is 12.0 Å². The van der Waals surface area contributed by atoms with Crippen LogP contribution in [0.3, 0.4) is 0 Å². The molecule has 0 aromatic heterocycles. The molecule has 6 heteroatoms. The first-order chi connectivity index (χ1) is 9.65. The highest BCUT2D eigenvalue weighted by Crippen LogP contribution is 2.16. The minimum Gasteiger partial charge on any atom is -0.356 e. The van der Waals surface area contributed by atoms with Crippen molar-refractivity contribution in [3.8, 4) is 0 Å². The molecule has 1 aromatic carbocycles. The number of rotatable bonds is 6. The Morgan fingerprint density at radius 3 is 3.00 bits per heavy atom. The summed E-state index contributed by atoms with van der Waals surface area (Å²) in [7, 11) is 0. The number of halogens is 1. The number of thioether (sulfide) groups is 1. The largest absolute Gasteiger partial charge is 0.356 e. The zero-order valence-electron chi connectivity index (χ0n) is 11.1. The summed E-state index contributed by atoms with van der Waals surface area (Å²) < 4.78 is 13.0. The van der Waals surface area contributed by atoms with Gasteiger partial charge in [0.05, 0.1) is 0 Å². The van der Waals surface area contributed by atoms with E-state index in [1.54, 1.807) is 11.0 Å². The summed E-state index contributed by atoms with van der Waals surface area (Å²) >= 11 is 1.29. The van der Waals surface area contributed by atoms with Crippen LogP contribution in [-0.4, -0.2) is 41.4 Å². The Morgan fingerprint density at radius 1 is 1.45 bits per heavy atom. The van der Waals surface area contributed by atoms with Gasteiger partial charge in [0.2, 0.25) is 5.91 Å². The van der Waals surface area contributed by atoms with Crippen molar-refractivity contribution < 1.29 is 14.0 Å². The van der Waals surface area contributed by atoms with E-state index in [9.17, 15) is 14.0 Å². The van der Waals surface area contributed by atoms with Crippen molar-refractivity contribution in [2.45, 2.75) is 12.8 Å². The van der Waals surface area contributed by atoms with E-state index in [1.165, 1.54) is 23.9 Å². The highest BCUT2D eigenvalue weighted by molar-refractivity contribution is 8.13. The molecule has 4 nitrogen and oxygen atoms in total. The van der Waals surface area contributed by atoms with Crippen LogP contribution >= 0.6 is 11.8 Å². The standard InChI is InChI=1S/C14H17FN2O2S/c15-12-3-1-2-11(10-12)4-6-16-13(18)5-7-17-8-9-20-14(17)19/h1-3,10H,4-9H2,(H,16,18). The molecule has 0 bridgehead atoms. The zero-order valence-corrected chi connectivity index (χ0v) is 11.9. The second-order valence-electron chi connectivity index (χ2n) is 4.58. The number of amides is 2. The Bertz CT molecular complexity index is 496. The molecule has 1 aliphatic rings. The molecule has 0 radical (unpaired) electrons. The lowest BCUT2D eigenvalue weighted by Gasteiger charge is -2.13. The molecule has 0 spiro atoms. The SMILES string of the molecule is O=C(CCN1CCSC1=O)NCCc1cccc(F)c1. The van der Waals surface area contributed by atoms with Crippen molar-refractivity contribution in [1.29, 1.82) is 0 Å². The molecule has 0 unspecified atom stereocenters. The average molecular weight is 296 g/mol. The van der Waals surface area contributed by atoms with Crippen LogP contribution in [0.25, 0.3) is 0 Å². The molecule has 2 rings (SSSR count). The van der Waals surface area contributed by atoms with Crippen molar-refractivity contribution in [3.05, 3.63) is 35.6 Å². The smallest absolute Gasteiger partial charge is 0.281 e. The fraction of sp³-hybridized carbons (Fsp3) is 0.429. The first kappa shape index (κ1) is 14.8. The van der Waals surface area contributed by atoms with Crippen LogP contribution in [0.2, 0.25) is 0 Å². The normalized spacial score (nSPS) is 14.7. The quantitative estimate of drug-likeness (QED) is 0.874. The number of hydrogen-bond acceptors (Lipinski definition) is 3. The molecule has 1 aromatic rings. The number of hydrogen-bond donors (Lipinski definition) is 1. The first-order valence-corrected chi connectivity index (χ1v) is 7.56. The lowest BCUT2D eigenvalue weighted by atomic mass is 10.1. The molecular weight excluding hydrogens is 279 g/mol. The first-order valence-electron chi connectivity index (χ1n) is 6.58. The molecule has 1 aliphatic heterocycles. The van der Waals surface area contributed by atoms with Gasteiger partial charge in [0.1, 0.15) is 5.82 Å². The summed E-state index contributed by atoms with van der Waals surface area (Å²) in [5.41, 5.74) is 0.858. The molecule has 1 N–H and O–H groups in total. The van der Waals surface area contributed by atoms with Crippen LogP contribution in [0.15, 0.2) is 24.3 Å². The van der Waals surface area contributed by atoms with E-state index in [4.69, 9.17) is 0 Å². The van der Waals surface area contributed by atoms with Gasteiger partial charge in [0.15, 0.2) is 0 Å². The molecule has 108 valence electrons. The number of nitrogens with zero attached hydrogens (tertiary/aromatic N) is 1. The van der Waals surface area contributed by atoms with Gasteiger partial charge in [0.25, 0.3) is 5.24 Å². The van der Waals surface area contributed by atoms with E-state index in [0.717, 1.165) is 17.9 Å². The second kappa shape index (κ2) is 7.28. The molecule has 1 saturated heterocycles.